The molecule has 1 fully saturated rings. The third kappa shape index (κ3) is 3.57. The predicted molar refractivity (Wildman–Crippen MR) is 54.8 cm³/mol. The van der Waals surface area contributed by atoms with Crippen LogP contribution in [0.4, 0.5) is 0 Å². The standard InChI is InChI=1S/C9H19NO7/c10-1-2-16-3-4(11)8-6(13)5(12)7(14)9(15)17-8/h4-9,11-15H,1-3,10H2/t4-,5+,6+,7+,8-,9?/m1/s1. The molecule has 1 saturated heterocycles. The number of aliphatic hydroxyl groups excluding tert-OH is 5. The molecule has 8 nitrogen and oxygen atoms in total. The van der Waals surface area contributed by atoms with Gasteiger partial charge < -0.3 is 40.7 Å². The van der Waals surface area contributed by atoms with Crippen LogP contribution in [0.2, 0.25) is 0 Å². The zero-order valence-corrected chi connectivity index (χ0v) is 9.22. The van der Waals surface area contributed by atoms with Crippen LogP contribution in [0.3, 0.4) is 0 Å². The van der Waals surface area contributed by atoms with Crippen molar-refractivity contribution in [2.24, 2.45) is 5.73 Å². The maximum absolute atomic E-state index is 9.64. The van der Waals surface area contributed by atoms with Crippen LogP contribution in [-0.2, 0) is 9.47 Å². The molecule has 0 radical (unpaired) electrons. The summed E-state index contributed by atoms with van der Waals surface area (Å²) >= 11 is 0. The van der Waals surface area contributed by atoms with E-state index in [0.717, 1.165) is 0 Å². The van der Waals surface area contributed by atoms with E-state index in [2.05, 4.69) is 0 Å². The van der Waals surface area contributed by atoms with Gasteiger partial charge in [0.15, 0.2) is 6.29 Å². The molecular formula is C9H19NO7. The normalized spacial score (nSPS) is 40.2. The van der Waals surface area contributed by atoms with Crippen molar-refractivity contribution in [2.75, 3.05) is 19.8 Å². The molecule has 7 N–H and O–H groups in total. The minimum atomic E-state index is -1.66. The number of nitrogens with two attached hydrogens (primary N) is 1. The summed E-state index contributed by atoms with van der Waals surface area (Å²) in [5.74, 6) is 0. The number of ether oxygens (including phenoxy) is 2. The van der Waals surface area contributed by atoms with E-state index in [9.17, 15) is 25.5 Å². The predicted octanol–water partition coefficient (Wildman–Crippen LogP) is -3.88. The fraction of sp³-hybridized carbons (Fsp3) is 1.00. The summed E-state index contributed by atoms with van der Waals surface area (Å²) in [5.41, 5.74) is 5.18. The van der Waals surface area contributed by atoms with Gasteiger partial charge in [-0.25, -0.2) is 0 Å². The van der Waals surface area contributed by atoms with Gasteiger partial charge in [-0.05, 0) is 0 Å². The van der Waals surface area contributed by atoms with E-state index in [1.165, 1.54) is 0 Å². The smallest absolute Gasteiger partial charge is 0.184 e. The summed E-state index contributed by atoms with van der Waals surface area (Å²) in [6.45, 7) is 0.354. The first-order valence-corrected chi connectivity index (χ1v) is 5.32. The minimum absolute atomic E-state index is 0.158. The van der Waals surface area contributed by atoms with Crippen LogP contribution in [0.5, 0.6) is 0 Å². The van der Waals surface area contributed by atoms with Gasteiger partial charge in [0.1, 0.15) is 30.5 Å². The van der Waals surface area contributed by atoms with E-state index in [4.69, 9.17) is 15.2 Å². The average Bonchev–Trinajstić information content (AvgIpc) is 2.31. The van der Waals surface area contributed by atoms with Gasteiger partial charge in [0.25, 0.3) is 0 Å². The molecular weight excluding hydrogens is 234 g/mol. The van der Waals surface area contributed by atoms with Crippen LogP contribution >= 0.6 is 0 Å². The van der Waals surface area contributed by atoms with Gasteiger partial charge >= 0.3 is 0 Å². The largest absolute Gasteiger partial charge is 0.388 e. The van der Waals surface area contributed by atoms with E-state index < -0.39 is 36.8 Å². The highest BCUT2D eigenvalue weighted by atomic mass is 16.6. The summed E-state index contributed by atoms with van der Waals surface area (Å²) in [5, 5.41) is 47.1. The third-order valence-electron chi connectivity index (χ3n) is 2.56. The average molecular weight is 253 g/mol. The number of hydrogen-bond acceptors (Lipinski definition) is 8. The Kier molecular flexibility index (Phi) is 5.70. The molecule has 1 rings (SSSR count). The lowest BCUT2D eigenvalue weighted by Gasteiger charge is -2.40. The SMILES string of the molecule is NCCOC[C@@H](O)[C@H]1OC(O)[C@@H](O)[C@@H](O)[C@@H]1O. The molecule has 0 aromatic heterocycles. The van der Waals surface area contributed by atoms with Gasteiger partial charge in [0.2, 0.25) is 0 Å². The summed E-state index contributed by atoms with van der Waals surface area (Å²) in [4.78, 5) is 0. The molecule has 0 saturated carbocycles. The highest BCUT2D eigenvalue weighted by Gasteiger charge is 2.45. The molecule has 0 amide bonds. The molecule has 0 aromatic carbocycles. The molecule has 0 bridgehead atoms. The fourth-order valence-corrected chi connectivity index (χ4v) is 1.59. The number of hydrogen-bond donors (Lipinski definition) is 6. The van der Waals surface area contributed by atoms with Gasteiger partial charge in [-0.3, -0.25) is 0 Å². The first-order chi connectivity index (χ1) is 7.99. The third-order valence-corrected chi connectivity index (χ3v) is 2.56. The van der Waals surface area contributed by atoms with E-state index in [0.29, 0.717) is 0 Å². The maximum atomic E-state index is 9.64. The lowest BCUT2D eigenvalue weighted by molar-refractivity contribution is -0.299. The van der Waals surface area contributed by atoms with E-state index in [-0.39, 0.29) is 19.8 Å². The second-order valence-electron chi connectivity index (χ2n) is 3.89. The van der Waals surface area contributed by atoms with Crippen molar-refractivity contribution in [3.63, 3.8) is 0 Å². The quantitative estimate of drug-likeness (QED) is 0.273. The highest BCUT2D eigenvalue weighted by Crippen LogP contribution is 2.22. The highest BCUT2D eigenvalue weighted by molar-refractivity contribution is 4.91. The van der Waals surface area contributed by atoms with Crippen molar-refractivity contribution in [1.82, 2.24) is 0 Å². The van der Waals surface area contributed by atoms with E-state index in [1.54, 1.807) is 0 Å². The summed E-state index contributed by atoms with van der Waals surface area (Å²) in [7, 11) is 0. The van der Waals surface area contributed by atoms with Crippen LogP contribution in [-0.4, -0.2) is 82.1 Å². The summed E-state index contributed by atoms with van der Waals surface area (Å²) < 4.78 is 9.76. The summed E-state index contributed by atoms with van der Waals surface area (Å²) in [6, 6.07) is 0. The molecule has 102 valence electrons. The Morgan fingerprint density at radius 2 is 1.76 bits per heavy atom. The molecule has 0 aliphatic carbocycles. The van der Waals surface area contributed by atoms with Gasteiger partial charge in [0, 0.05) is 6.54 Å². The Morgan fingerprint density at radius 1 is 1.12 bits per heavy atom. The molecule has 1 heterocycles. The molecule has 8 heteroatoms. The van der Waals surface area contributed by atoms with Crippen LogP contribution in [0.1, 0.15) is 0 Å². The molecule has 1 aliphatic heterocycles. The molecule has 0 aromatic rings. The van der Waals surface area contributed by atoms with Crippen molar-refractivity contribution in [3.05, 3.63) is 0 Å². The van der Waals surface area contributed by atoms with Crippen LogP contribution in [0.25, 0.3) is 0 Å². The topological polar surface area (TPSA) is 146 Å². The monoisotopic (exact) mass is 253 g/mol. The van der Waals surface area contributed by atoms with Crippen LogP contribution < -0.4 is 5.73 Å². The van der Waals surface area contributed by atoms with Crippen molar-refractivity contribution in [1.29, 1.82) is 0 Å². The minimum Gasteiger partial charge on any atom is -0.388 e. The fourth-order valence-electron chi connectivity index (χ4n) is 1.59. The van der Waals surface area contributed by atoms with Gasteiger partial charge in [-0.2, -0.15) is 0 Å². The van der Waals surface area contributed by atoms with Crippen LogP contribution in [0.15, 0.2) is 0 Å². The first kappa shape index (κ1) is 14.7. The first-order valence-electron chi connectivity index (χ1n) is 5.32. The molecule has 0 spiro atoms. The van der Waals surface area contributed by atoms with Gasteiger partial charge in [-0.15, -0.1) is 0 Å². The Labute approximate surface area is 98.2 Å². The zero-order valence-electron chi connectivity index (χ0n) is 9.22. The van der Waals surface area contributed by atoms with Gasteiger partial charge in [0.05, 0.1) is 13.2 Å². The summed E-state index contributed by atoms with van der Waals surface area (Å²) in [6.07, 6.45) is -8.85. The Hall–Kier alpha value is -0.320. The lowest BCUT2D eigenvalue weighted by atomic mass is 9.96. The zero-order chi connectivity index (χ0) is 13.0. The van der Waals surface area contributed by atoms with Gasteiger partial charge in [-0.1, -0.05) is 0 Å². The number of rotatable bonds is 5. The Bertz CT molecular complexity index is 229. The van der Waals surface area contributed by atoms with Crippen molar-refractivity contribution in [3.8, 4) is 0 Å². The van der Waals surface area contributed by atoms with E-state index >= 15 is 0 Å². The Morgan fingerprint density at radius 3 is 2.35 bits per heavy atom. The molecule has 6 atom stereocenters. The molecule has 1 aliphatic rings. The second kappa shape index (κ2) is 6.57. The molecule has 1 unspecified atom stereocenters. The Balaban J connectivity index is 2.51. The van der Waals surface area contributed by atoms with E-state index in [1.807, 2.05) is 0 Å². The lowest BCUT2D eigenvalue weighted by Crippen LogP contribution is -2.61. The van der Waals surface area contributed by atoms with Crippen LogP contribution in [0, 0.1) is 0 Å². The van der Waals surface area contributed by atoms with Crippen molar-refractivity contribution >= 4 is 0 Å². The van der Waals surface area contributed by atoms with Crippen molar-refractivity contribution < 1.29 is 35.0 Å². The number of aliphatic hydroxyl groups is 5. The van der Waals surface area contributed by atoms with Crippen molar-refractivity contribution in [2.45, 2.75) is 36.8 Å². The maximum Gasteiger partial charge on any atom is 0.184 e. The molecule has 17 heavy (non-hydrogen) atoms. The second-order valence-corrected chi connectivity index (χ2v) is 3.89.